The van der Waals surface area contributed by atoms with E-state index in [1.165, 1.54) is 7.05 Å². The second-order valence-corrected chi connectivity index (χ2v) is 6.49. The summed E-state index contributed by atoms with van der Waals surface area (Å²) in [5.74, 6) is 0. The number of benzene rings is 1. The number of hydrogen-bond acceptors (Lipinski definition) is 4. The second kappa shape index (κ2) is 7.24. The Hall–Kier alpha value is -1.86. The fourth-order valence-corrected chi connectivity index (χ4v) is 2.93. The molecule has 0 aliphatic heterocycles. The van der Waals surface area contributed by atoms with Gasteiger partial charge in [0, 0.05) is 25.5 Å². The topological polar surface area (TPSA) is 76.0 Å². The summed E-state index contributed by atoms with van der Waals surface area (Å²) < 4.78 is 28.2. The second-order valence-electron chi connectivity index (χ2n) is 4.64. The van der Waals surface area contributed by atoms with Crippen LogP contribution in [-0.2, 0) is 16.6 Å². The third-order valence-corrected chi connectivity index (χ3v) is 4.64. The van der Waals surface area contributed by atoms with Crippen molar-refractivity contribution in [3.05, 3.63) is 43.0 Å². The molecule has 0 saturated heterocycles. The van der Waals surface area contributed by atoms with Gasteiger partial charge in [0.2, 0.25) is 10.0 Å². The van der Waals surface area contributed by atoms with Gasteiger partial charge in [-0.1, -0.05) is 12.1 Å². The lowest BCUT2D eigenvalue weighted by molar-refractivity contribution is 0.588. The van der Waals surface area contributed by atoms with Crippen molar-refractivity contribution in [3.63, 3.8) is 0 Å². The highest BCUT2D eigenvalue weighted by molar-refractivity contribution is 7.89. The molecule has 2 aromatic rings. The number of nitrogens with one attached hydrogen (secondary N) is 2. The Morgan fingerprint density at radius 2 is 2.05 bits per heavy atom. The Kier molecular flexibility index (Phi) is 5.35. The van der Waals surface area contributed by atoms with E-state index in [1.54, 1.807) is 30.7 Å². The Bertz CT molecular complexity index is 653. The number of nitrogens with zero attached hydrogens (tertiary/aromatic N) is 2. The molecule has 2 N–H and O–H groups in total. The minimum atomic E-state index is -3.43. The summed E-state index contributed by atoms with van der Waals surface area (Å²) in [6.07, 6.45) is 7.44. The SMILES string of the molecule is CNS(=O)(=O)c1ccccc1NCCCCn1ccnc1. The monoisotopic (exact) mass is 308 g/mol. The van der Waals surface area contributed by atoms with Crippen molar-refractivity contribution in [2.24, 2.45) is 0 Å². The highest BCUT2D eigenvalue weighted by atomic mass is 32.2. The first kappa shape index (κ1) is 15.5. The van der Waals surface area contributed by atoms with Crippen LogP contribution >= 0.6 is 0 Å². The van der Waals surface area contributed by atoms with Crippen molar-refractivity contribution in [1.82, 2.24) is 14.3 Å². The fraction of sp³-hybridized carbons (Fsp3) is 0.357. The van der Waals surface area contributed by atoms with Crippen LogP contribution in [0.2, 0.25) is 0 Å². The number of sulfonamides is 1. The number of anilines is 1. The first-order chi connectivity index (χ1) is 10.1. The maximum Gasteiger partial charge on any atom is 0.242 e. The van der Waals surface area contributed by atoms with Crippen LogP contribution in [-0.4, -0.2) is 31.6 Å². The Labute approximate surface area is 125 Å². The molecular formula is C14H20N4O2S. The van der Waals surface area contributed by atoms with Crippen LogP contribution in [0.4, 0.5) is 5.69 Å². The molecule has 0 bridgehead atoms. The first-order valence-corrected chi connectivity index (χ1v) is 8.34. The van der Waals surface area contributed by atoms with Gasteiger partial charge in [0.25, 0.3) is 0 Å². The summed E-state index contributed by atoms with van der Waals surface area (Å²) in [5, 5.41) is 3.19. The molecular weight excluding hydrogens is 288 g/mol. The molecule has 2 rings (SSSR count). The van der Waals surface area contributed by atoms with Crippen molar-refractivity contribution in [2.45, 2.75) is 24.3 Å². The minimum absolute atomic E-state index is 0.280. The normalized spacial score (nSPS) is 11.5. The molecule has 1 heterocycles. The van der Waals surface area contributed by atoms with Crippen LogP contribution in [0.25, 0.3) is 0 Å². The van der Waals surface area contributed by atoms with Crippen LogP contribution in [0.1, 0.15) is 12.8 Å². The Balaban J connectivity index is 1.86. The quantitative estimate of drug-likeness (QED) is 0.728. The molecule has 0 atom stereocenters. The summed E-state index contributed by atoms with van der Waals surface area (Å²) in [4.78, 5) is 4.27. The van der Waals surface area contributed by atoms with Gasteiger partial charge in [-0.3, -0.25) is 0 Å². The van der Waals surface area contributed by atoms with Crippen molar-refractivity contribution in [3.8, 4) is 0 Å². The largest absolute Gasteiger partial charge is 0.384 e. The molecule has 0 saturated carbocycles. The van der Waals surface area contributed by atoms with E-state index >= 15 is 0 Å². The molecule has 0 aliphatic carbocycles. The van der Waals surface area contributed by atoms with Crippen molar-refractivity contribution < 1.29 is 8.42 Å². The lowest BCUT2D eigenvalue weighted by Crippen LogP contribution is -2.20. The average molecular weight is 308 g/mol. The van der Waals surface area contributed by atoms with Gasteiger partial charge in [-0.2, -0.15) is 0 Å². The maximum atomic E-state index is 11.9. The lowest BCUT2D eigenvalue weighted by atomic mass is 10.2. The van der Waals surface area contributed by atoms with Gasteiger partial charge in [-0.25, -0.2) is 18.1 Å². The van der Waals surface area contributed by atoms with Gasteiger partial charge in [-0.05, 0) is 32.0 Å². The van der Waals surface area contributed by atoms with Gasteiger partial charge in [0.15, 0.2) is 0 Å². The predicted octanol–water partition coefficient (Wildman–Crippen LogP) is 1.68. The molecule has 21 heavy (non-hydrogen) atoms. The van der Waals surface area contributed by atoms with Gasteiger partial charge in [-0.15, -0.1) is 0 Å². The standard InChI is InChI=1S/C14H20N4O2S/c1-15-21(19,20)14-7-3-2-6-13(14)17-8-4-5-10-18-11-9-16-12-18/h2-3,6-7,9,11-12,15,17H,4-5,8,10H2,1H3. The number of aromatic nitrogens is 2. The molecule has 0 radical (unpaired) electrons. The molecule has 0 fully saturated rings. The summed E-state index contributed by atoms with van der Waals surface area (Å²) >= 11 is 0. The number of hydrogen-bond donors (Lipinski definition) is 2. The van der Waals surface area contributed by atoms with Crippen molar-refractivity contribution in [2.75, 3.05) is 18.9 Å². The van der Waals surface area contributed by atoms with Crippen LogP contribution in [0, 0.1) is 0 Å². The molecule has 0 amide bonds. The van der Waals surface area contributed by atoms with E-state index in [9.17, 15) is 8.42 Å². The van der Waals surface area contributed by atoms with E-state index < -0.39 is 10.0 Å². The molecule has 114 valence electrons. The first-order valence-electron chi connectivity index (χ1n) is 6.85. The van der Waals surface area contributed by atoms with E-state index in [1.807, 2.05) is 16.8 Å². The third kappa shape index (κ3) is 4.30. The van der Waals surface area contributed by atoms with Crippen LogP contribution in [0.3, 0.4) is 0 Å². The van der Waals surface area contributed by atoms with Gasteiger partial charge in [0.05, 0.1) is 12.0 Å². The molecule has 0 aliphatic rings. The summed E-state index contributed by atoms with van der Waals surface area (Å²) in [6, 6.07) is 6.91. The molecule has 1 aromatic carbocycles. The van der Waals surface area contributed by atoms with E-state index in [0.29, 0.717) is 5.69 Å². The number of rotatable bonds is 8. The molecule has 7 heteroatoms. The number of unbranched alkanes of at least 4 members (excludes halogenated alkanes) is 1. The molecule has 6 nitrogen and oxygen atoms in total. The zero-order valence-electron chi connectivity index (χ0n) is 12.0. The van der Waals surface area contributed by atoms with Crippen LogP contribution < -0.4 is 10.0 Å². The highest BCUT2D eigenvalue weighted by Gasteiger charge is 2.15. The van der Waals surface area contributed by atoms with Gasteiger partial charge >= 0.3 is 0 Å². The van der Waals surface area contributed by atoms with E-state index in [2.05, 4.69) is 15.0 Å². The summed E-state index contributed by atoms with van der Waals surface area (Å²) in [7, 11) is -2.02. The van der Waals surface area contributed by atoms with Crippen molar-refractivity contribution in [1.29, 1.82) is 0 Å². The van der Waals surface area contributed by atoms with Crippen molar-refractivity contribution >= 4 is 15.7 Å². The minimum Gasteiger partial charge on any atom is -0.384 e. The third-order valence-electron chi connectivity index (χ3n) is 3.16. The molecule has 0 unspecified atom stereocenters. The van der Waals surface area contributed by atoms with E-state index in [-0.39, 0.29) is 4.90 Å². The summed E-state index contributed by atoms with van der Waals surface area (Å²) in [5.41, 5.74) is 0.634. The van der Waals surface area contributed by atoms with Gasteiger partial charge in [0.1, 0.15) is 4.90 Å². The zero-order chi connectivity index (χ0) is 15.1. The number of aryl methyl sites for hydroxylation is 1. The number of imidazole rings is 1. The zero-order valence-corrected chi connectivity index (χ0v) is 12.8. The van der Waals surface area contributed by atoms with Crippen LogP contribution in [0.5, 0.6) is 0 Å². The van der Waals surface area contributed by atoms with E-state index in [4.69, 9.17) is 0 Å². The highest BCUT2D eigenvalue weighted by Crippen LogP contribution is 2.20. The maximum absolute atomic E-state index is 11.9. The average Bonchev–Trinajstić information content (AvgIpc) is 3.00. The smallest absolute Gasteiger partial charge is 0.242 e. The van der Waals surface area contributed by atoms with E-state index in [0.717, 1.165) is 25.9 Å². The number of para-hydroxylation sites is 1. The van der Waals surface area contributed by atoms with Gasteiger partial charge < -0.3 is 9.88 Å². The predicted molar refractivity (Wildman–Crippen MR) is 82.6 cm³/mol. The fourth-order valence-electron chi connectivity index (χ4n) is 2.02. The molecule has 1 aromatic heterocycles. The van der Waals surface area contributed by atoms with Crippen LogP contribution in [0.15, 0.2) is 47.9 Å². The Morgan fingerprint density at radius 1 is 1.24 bits per heavy atom. The summed E-state index contributed by atoms with van der Waals surface area (Å²) in [6.45, 7) is 1.64. The lowest BCUT2D eigenvalue weighted by Gasteiger charge is -2.12. The molecule has 0 spiro atoms. The Morgan fingerprint density at radius 3 is 2.76 bits per heavy atom.